The van der Waals surface area contributed by atoms with E-state index in [1.807, 2.05) is 0 Å². The van der Waals surface area contributed by atoms with Crippen molar-refractivity contribution >= 4 is 0 Å². The predicted molar refractivity (Wildman–Crippen MR) is 86.8 cm³/mol. The Labute approximate surface area is 124 Å². The number of hydrogen-bond acceptors (Lipinski definition) is 2. The molecule has 2 heteroatoms. The van der Waals surface area contributed by atoms with E-state index in [0.717, 1.165) is 19.0 Å². The molecule has 2 nitrogen and oxygen atoms in total. The van der Waals surface area contributed by atoms with Gasteiger partial charge < -0.3 is 5.73 Å². The zero-order chi connectivity index (χ0) is 14.5. The molecular weight excluding hydrogens is 244 g/mol. The van der Waals surface area contributed by atoms with Crippen molar-refractivity contribution in [2.75, 3.05) is 13.1 Å². The van der Waals surface area contributed by atoms with Crippen molar-refractivity contribution in [2.45, 2.75) is 58.5 Å². The van der Waals surface area contributed by atoms with Crippen LogP contribution in [-0.4, -0.2) is 24.0 Å². The molecule has 0 aromatic heterocycles. The first kappa shape index (κ1) is 15.5. The van der Waals surface area contributed by atoms with Crippen molar-refractivity contribution in [1.82, 2.24) is 4.90 Å². The Kier molecular flexibility index (Phi) is 5.62. The van der Waals surface area contributed by atoms with Crippen molar-refractivity contribution in [3.05, 3.63) is 35.4 Å². The fourth-order valence-electron chi connectivity index (χ4n) is 3.25. The Morgan fingerprint density at radius 2 is 1.95 bits per heavy atom. The van der Waals surface area contributed by atoms with Crippen LogP contribution in [0.4, 0.5) is 0 Å². The number of nitrogens with zero attached hydrogens (tertiary/aromatic N) is 1. The summed E-state index contributed by atoms with van der Waals surface area (Å²) < 4.78 is 0. The van der Waals surface area contributed by atoms with E-state index in [0.29, 0.717) is 12.0 Å². The summed E-state index contributed by atoms with van der Waals surface area (Å²) in [6, 6.07) is 9.69. The summed E-state index contributed by atoms with van der Waals surface area (Å²) in [5.41, 5.74) is 8.83. The first-order valence-electron chi connectivity index (χ1n) is 8.17. The van der Waals surface area contributed by atoms with E-state index in [1.165, 1.54) is 36.9 Å². The number of piperidine rings is 1. The topological polar surface area (TPSA) is 29.3 Å². The minimum Gasteiger partial charge on any atom is -0.329 e. The van der Waals surface area contributed by atoms with Crippen LogP contribution < -0.4 is 5.73 Å². The maximum Gasteiger partial charge on any atom is 0.0237 e. The van der Waals surface area contributed by atoms with Crippen molar-refractivity contribution in [3.63, 3.8) is 0 Å². The average molecular weight is 274 g/mol. The molecule has 1 aliphatic rings. The summed E-state index contributed by atoms with van der Waals surface area (Å²) in [6.07, 6.45) is 3.90. The van der Waals surface area contributed by atoms with Crippen LogP contribution in [0.2, 0.25) is 0 Å². The smallest absolute Gasteiger partial charge is 0.0237 e. The van der Waals surface area contributed by atoms with Crippen molar-refractivity contribution in [1.29, 1.82) is 0 Å². The van der Waals surface area contributed by atoms with Gasteiger partial charge in [-0.1, -0.05) is 51.5 Å². The highest BCUT2D eigenvalue weighted by Crippen LogP contribution is 2.26. The van der Waals surface area contributed by atoms with E-state index < -0.39 is 0 Å². The molecule has 0 amide bonds. The van der Waals surface area contributed by atoms with E-state index in [9.17, 15) is 0 Å². The third kappa shape index (κ3) is 3.83. The molecule has 0 saturated carbocycles. The highest BCUT2D eigenvalue weighted by molar-refractivity contribution is 5.24. The summed E-state index contributed by atoms with van der Waals surface area (Å²) in [5.74, 6) is 1.49. The third-order valence-electron chi connectivity index (χ3n) is 4.83. The molecule has 0 bridgehead atoms. The first-order valence-corrected chi connectivity index (χ1v) is 8.17. The molecule has 1 aromatic carbocycles. The van der Waals surface area contributed by atoms with Crippen molar-refractivity contribution < 1.29 is 0 Å². The maximum atomic E-state index is 5.99. The molecule has 0 spiro atoms. The molecule has 0 radical (unpaired) electrons. The number of benzene rings is 1. The normalized spacial score (nSPS) is 24.2. The third-order valence-corrected chi connectivity index (χ3v) is 4.83. The zero-order valence-corrected chi connectivity index (χ0v) is 13.3. The van der Waals surface area contributed by atoms with Gasteiger partial charge in [0.2, 0.25) is 0 Å². The minimum absolute atomic E-state index is 0.568. The molecule has 2 N–H and O–H groups in total. The van der Waals surface area contributed by atoms with Gasteiger partial charge in [0.25, 0.3) is 0 Å². The van der Waals surface area contributed by atoms with Gasteiger partial charge >= 0.3 is 0 Å². The molecule has 2 atom stereocenters. The van der Waals surface area contributed by atoms with Crippen LogP contribution >= 0.6 is 0 Å². The molecule has 20 heavy (non-hydrogen) atoms. The molecule has 1 heterocycles. The summed E-state index contributed by atoms with van der Waals surface area (Å²) in [5, 5.41) is 0. The SMILES string of the molecule is CCC1CCN(Cc2ccc(C(C)C)cc2)C(CN)C1. The molecule has 2 rings (SSSR count). The Bertz CT molecular complexity index is 396. The number of rotatable bonds is 5. The molecular formula is C18H30N2. The van der Waals surface area contributed by atoms with Gasteiger partial charge in [0.05, 0.1) is 0 Å². The fraction of sp³-hybridized carbons (Fsp3) is 0.667. The lowest BCUT2D eigenvalue weighted by atomic mass is 9.88. The molecule has 1 fully saturated rings. The first-order chi connectivity index (χ1) is 9.63. The van der Waals surface area contributed by atoms with Gasteiger partial charge in [0.1, 0.15) is 0 Å². The second-order valence-electron chi connectivity index (χ2n) is 6.55. The quantitative estimate of drug-likeness (QED) is 0.886. The number of nitrogens with two attached hydrogens (primary N) is 1. The Morgan fingerprint density at radius 3 is 2.50 bits per heavy atom. The molecule has 2 unspecified atom stereocenters. The van der Waals surface area contributed by atoms with Crippen LogP contribution in [0.25, 0.3) is 0 Å². The van der Waals surface area contributed by atoms with Gasteiger partial charge in [-0.2, -0.15) is 0 Å². The summed E-state index contributed by atoms with van der Waals surface area (Å²) in [6.45, 7) is 9.84. The van der Waals surface area contributed by atoms with Gasteiger partial charge in [-0.25, -0.2) is 0 Å². The standard InChI is InChI=1S/C18H30N2/c1-4-15-9-10-20(18(11-15)12-19)13-16-5-7-17(8-6-16)14(2)3/h5-8,14-15,18H,4,9-13,19H2,1-3H3. The van der Waals surface area contributed by atoms with Gasteiger partial charge in [0, 0.05) is 19.1 Å². The van der Waals surface area contributed by atoms with Gasteiger partial charge in [0.15, 0.2) is 0 Å². The van der Waals surface area contributed by atoms with Gasteiger partial charge in [-0.05, 0) is 42.3 Å². The number of hydrogen-bond donors (Lipinski definition) is 1. The van der Waals surface area contributed by atoms with Crippen LogP contribution in [0.15, 0.2) is 24.3 Å². The second kappa shape index (κ2) is 7.24. The van der Waals surface area contributed by atoms with E-state index in [4.69, 9.17) is 5.73 Å². The lowest BCUT2D eigenvalue weighted by Gasteiger charge is -2.39. The van der Waals surface area contributed by atoms with Crippen LogP contribution in [0.1, 0.15) is 57.1 Å². The minimum atomic E-state index is 0.568. The molecule has 112 valence electrons. The lowest BCUT2D eigenvalue weighted by Crippen LogP contribution is -2.46. The van der Waals surface area contributed by atoms with Crippen LogP contribution in [0.3, 0.4) is 0 Å². The highest BCUT2D eigenvalue weighted by atomic mass is 15.2. The second-order valence-corrected chi connectivity index (χ2v) is 6.55. The van der Waals surface area contributed by atoms with Crippen molar-refractivity contribution in [3.8, 4) is 0 Å². The van der Waals surface area contributed by atoms with E-state index in [2.05, 4.69) is 49.9 Å². The summed E-state index contributed by atoms with van der Waals surface area (Å²) in [7, 11) is 0. The van der Waals surface area contributed by atoms with E-state index in [1.54, 1.807) is 0 Å². The number of likely N-dealkylation sites (tertiary alicyclic amines) is 1. The van der Waals surface area contributed by atoms with Crippen molar-refractivity contribution in [2.24, 2.45) is 11.7 Å². The molecule has 1 aliphatic heterocycles. The molecule has 1 aromatic rings. The Morgan fingerprint density at radius 1 is 1.25 bits per heavy atom. The predicted octanol–water partition coefficient (Wildman–Crippen LogP) is 3.76. The van der Waals surface area contributed by atoms with E-state index >= 15 is 0 Å². The van der Waals surface area contributed by atoms with Crippen LogP contribution in [0, 0.1) is 5.92 Å². The van der Waals surface area contributed by atoms with Gasteiger partial charge in [-0.3, -0.25) is 4.90 Å². The largest absolute Gasteiger partial charge is 0.329 e. The molecule has 0 aliphatic carbocycles. The fourth-order valence-corrected chi connectivity index (χ4v) is 3.25. The Hall–Kier alpha value is -0.860. The van der Waals surface area contributed by atoms with E-state index in [-0.39, 0.29) is 0 Å². The van der Waals surface area contributed by atoms with Crippen LogP contribution in [0.5, 0.6) is 0 Å². The molecule has 1 saturated heterocycles. The van der Waals surface area contributed by atoms with Gasteiger partial charge in [-0.15, -0.1) is 0 Å². The maximum absolute atomic E-state index is 5.99. The summed E-state index contributed by atoms with van der Waals surface area (Å²) >= 11 is 0. The average Bonchev–Trinajstić information content (AvgIpc) is 2.48. The Balaban J connectivity index is 1.98. The highest BCUT2D eigenvalue weighted by Gasteiger charge is 2.26. The summed E-state index contributed by atoms with van der Waals surface area (Å²) in [4.78, 5) is 2.58. The lowest BCUT2D eigenvalue weighted by molar-refractivity contribution is 0.107. The van der Waals surface area contributed by atoms with Crippen LogP contribution in [-0.2, 0) is 6.54 Å². The monoisotopic (exact) mass is 274 g/mol. The zero-order valence-electron chi connectivity index (χ0n) is 13.3.